The van der Waals surface area contributed by atoms with Gasteiger partial charge in [-0.05, 0) is 42.7 Å². The topological polar surface area (TPSA) is 78.8 Å². The van der Waals surface area contributed by atoms with E-state index >= 15 is 0 Å². The first-order valence-electron chi connectivity index (χ1n) is 8.60. The fraction of sp³-hybridized carbons (Fsp3) is 0.263. The lowest BCUT2D eigenvalue weighted by molar-refractivity contribution is -0.126. The Labute approximate surface area is 163 Å². The second-order valence-corrected chi connectivity index (χ2v) is 8.65. The Balaban J connectivity index is 1.53. The first kappa shape index (κ1) is 19.5. The molecule has 1 heterocycles. The zero-order chi connectivity index (χ0) is 19.3. The molecule has 0 spiro atoms. The molecule has 0 unspecified atom stereocenters. The van der Waals surface area contributed by atoms with Gasteiger partial charge >= 0.3 is 0 Å². The molecule has 8 heteroatoms. The molecule has 2 aromatic carbocycles. The lowest BCUT2D eigenvalue weighted by Crippen LogP contribution is -2.42. The number of piperidine rings is 1. The lowest BCUT2D eigenvalue weighted by Gasteiger charge is -2.30. The van der Waals surface area contributed by atoms with Gasteiger partial charge in [0.05, 0.1) is 11.1 Å². The van der Waals surface area contributed by atoms with Crippen molar-refractivity contribution in [3.8, 4) is 0 Å². The maximum absolute atomic E-state index is 12.6. The number of halogens is 1. The zero-order valence-electron chi connectivity index (χ0n) is 14.6. The number of carbonyl (C=O) groups is 1. The van der Waals surface area contributed by atoms with Crippen molar-refractivity contribution < 1.29 is 13.2 Å². The minimum atomic E-state index is -3.51. The van der Waals surface area contributed by atoms with E-state index in [2.05, 4.69) is 10.5 Å². The van der Waals surface area contributed by atoms with Crippen molar-refractivity contribution >= 4 is 33.7 Å². The number of hydrogen-bond donors (Lipinski definition) is 1. The van der Waals surface area contributed by atoms with Gasteiger partial charge in [0, 0.05) is 24.0 Å². The highest BCUT2D eigenvalue weighted by Gasteiger charge is 2.31. The normalized spacial score (nSPS) is 16.5. The fourth-order valence-corrected chi connectivity index (χ4v) is 4.53. The Kier molecular flexibility index (Phi) is 6.26. The Morgan fingerprint density at radius 3 is 2.33 bits per heavy atom. The minimum Gasteiger partial charge on any atom is -0.273 e. The van der Waals surface area contributed by atoms with E-state index in [1.807, 2.05) is 0 Å². The summed E-state index contributed by atoms with van der Waals surface area (Å²) in [5, 5.41) is 4.60. The van der Waals surface area contributed by atoms with Gasteiger partial charge in [0.2, 0.25) is 15.9 Å². The maximum Gasteiger partial charge on any atom is 0.243 e. The van der Waals surface area contributed by atoms with Crippen LogP contribution in [0.2, 0.25) is 5.02 Å². The molecule has 0 radical (unpaired) electrons. The molecule has 1 fully saturated rings. The van der Waals surface area contributed by atoms with Gasteiger partial charge in [-0.2, -0.15) is 9.41 Å². The van der Waals surface area contributed by atoms with Crippen LogP contribution in [0.1, 0.15) is 18.4 Å². The molecule has 0 aliphatic carbocycles. The summed E-state index contributed by atoms with van der Waals surface area (Å²) in [5.41, 5.74) is 3.35. The first-order chi connectivity index (χ1) is 13.0. The van der Waals surface area contributed by atoms with Crippen molar-refractivity contribution in [3.63, 3.8) is 0 Å². The third-order valence-corrected chi connectivity index (χ3v) is 6.63. The summed E-state index contributed by atoms with van der Waals surface area (Å²) in [7, 11) is -3.51. The van der Waals surface area contributed by atoms with E-state index in [4.69, 9.17) is 11.6 Å². The Morgan fingerprint density at radius 2 is 1.70 bits per heavy atom. The van der Waals surface area contributed by atoms with Gasteiger partial charge in [-0.1, -0.05) is 41.9 Å². The Bertz CT molecular complexity index is 907. The summed E-state index contributed by atoms with van der Waals surface area (Å²) in [6.45, 7) is 0.631. The van der Waals surface area contributed by atoms with Crippen LogP contribution in [-0.4, -0.2) is 37.9 Å². The highest BCUT2D eigenvalue weighted by atomic mass is 35.5. The van der Waals surface area contributed by atoms with E-state index in [0.29, 0.717) is 31.0 Å². The van der Waals surface area contributed by atoms with Crippen molar-refractivity contribution in [2.75, 3.05) is 13.1 Å². The largest absolute Gasteiger partial charge is 0.273 e. The van der Waals surface area contributed by atoms with Gasteiger partial charge in [-0.25, -0.2) is 13.8 Å². The van der Waals surface area contributed by atoms with Gasteiger partial charge in [-0.15, -0.1) is 0 Å². The number of hydrogen-bond acceptors (Lipinski definition) is 4. The fourth-order valence-electron chi connectivity index (χ4n) is 2.91. The van der Waals surface area contributed by atoms with Crippen LogP contribution < -0.4 is 5.43 Å². The zero-order valence-corrected chi connectivity index (χ0v) is 16.2. The van der Waals surface area contributed by atoms with Crippen LogP contribution in [0.5, 0.6) is 0 Å². The molecule has 1 aliphatic heterocycles. The smallest absolute Gasteiger partial charge is 0.243 e. The highest BCUT2D eigenvalue weighted by Crippen LogP contribution is 2.23. The lowest BCUT2D eigenvalue weighted by atomic mass is 9.98. The van der Waals surface area contributed by atoms with Crippen LogP contribution in [0, 0.1) is 5.92 Å². The van der Waals surface area contributed by atoms with Crippen molar-refractivity contribution in [1.29, 1.82) is 0 Å². The second kappa shape index (κ2) is 8.65. The summed E-state index contributed by atoms with van der Waals surface area (Å²) in [6.07, 6.45) is 2.48. The summed E-state index contributed by atoms with van der Waals surface area (Å²) < 4.78 is 26.7. The monoisotopic (exact) mass is 405 g/mol. The molecule has 1 N–H and O–H groups in total. The maximum atomic E-state index is 12.6. The number of carbonyl (C=O) groups excluding carboxylic acids is 1. The molecule has 6 nitrogen and oxygen atoms in total. The quantitative estimate of drug-likeness (QED) is 0.613. The molecular weight excluding hydrogens is 386 g/mol. The predicted molar refractivity (Wildman–Crippen MR) is 105 cm³/mol. The molecule has 0 bridgehead atoms. The van der Waals surface area contributed by atoms with Gasteiger partial charge in [0.15, 0.2) is 0 Å². The van der Waals surface area contributed by atoms with Gasteiger partial charge in [0.1, 0.15) is 0 Å². The Morgan fingerprint density at radius 1 is 1.07 bits per heavy atom. The average molecular weight is 406 g/mol. The summed E-state index contributed by atoms with van der Waals surface area (Å²) in [6, 6.07) is 15.4. The average Bonchev–Trinajstić information content (AvgIpc) is 2.70. The SMILES string of the molecule is O=C(NN=Cc1ccc(Cl)cc1)C1CCN(S(=O)(=O)c2ccccc2)CC1. The summed E-state index contributed by atoms with van der Waals surface area (Å²) in [5.74, 6) is -0.452. The highest BCUT2D eigenvalue weighted by molar-refractivity contribution is 7.89. The number of benzene rings is 2. The van der Waals surface area contributed by atoms with E-state index in [1.165, 1.54) is 4.31 Å². The van der Waals surface area contributed by atoms with Gasteiger partial charge in [-0.3, -0.25) is 4.79 Å². The molecule has 27 heavy (non-hydrogen) atoms. The number of sulfonamides is 1. The van der Waals surface area contributed by atoms with Gasteiger partial charge in [0.25, 0.3) is 0 Å². The van der Waals surface area contributed by atoms with Crippen molar-refractivity contribution in [2.45, 2.75) is 17.7 Å². The van der Waals surface area contributed by atoms with Crippen LogP contribution >= 0.6 is 11.6 Å². The number of rotatable bonds is 5. The van der Waals surface area contributed by atoms with E-state index < -0.39 is 10.0 Å². The number of hydrazone groups is 1. The van der Waals surface area contributed by atoms with Crippen LogP contribution in [0.4, 0.5) is 0 Å². The summed E-state index contributed by atoms with van der Waals surface area (Å²) >= 11 is 5.82. The van der Waals surface area contributed by atoms with E-state index in [9.17, 15) is 13.2 Å². The van der Waals surface area contributed by atoms with Crippen molar-refractivity contribution in [2.24, 2.45) is 11.0 Å². The molecule has 3 rings (SSSR count). The first-order valence-corrected chi connectivity index (χ1v) is 10.4. The van der Waals surface area contributed by atoms with E-state index in [-0.39, 0.29) is 16.7 Å². The molecule has 1 amide bonds. The molecule has 2 aromatic rings. The molecule has 142 valence electrons. The summed E-state index contributed by atoms with van der Waals surface area (Å²) in [4.78, 5) is 12.5. The number of nitrogens with one attached hydrogen (secondary N) is 1. The standard InChI is InChI=1S/C19H20ClN3O3S/c20-17-8-6-15(7-9-17)14-21-22-19(24)16-10-12-23(13-11-16)27(25,26)18-4-2-1-3-5-18/h1-9,14,16H,10-13H2,(H,22,24). The third-order valence-electron chi connectivity index (χ3n) is 4.46. The molecule has 0 atom stereocenters. The molecular formula is C19H20ClN3O3S. The van der Waals surface area contributed by atoms with Crippen molar-refractivity contribution in [3.05, 3.63) is 65.2 Å². The third kappa shape index (κ3) is 4.94. The van der Waals surface area contributed by atoms with Crippen LogP contribution in [0.3, 0.4) is 0 Å². The predicted octanol–water partition coefficient (Wildman–Crippen LogP) is 2.89. The molecule has 0 saturated carbocycles. The van der Waals surface area contributed by atoms with E-state index in [0.717, 1.165) is 5.56 Å². The number of nitrogens with zero attached hydrogens (tertiary/aromatic N) is 2. The van der Waals surface area contributed by atoms with Crippen LogP contribution in [-0.2, 0) is 14.8 Å². The molecule has 0 aromatic heterocycles. The second-order valence-electron chi connectivity index (χ2n) is 6.28. The van der Waals surface area contributed by atoms with E-state index in [1.54, 1.807) is 60.8 Å². The van der Waals surface area contributed by atoms with Gasteiger partial charge < -0.3 is 0 Å². The molecule has 1 aliphatic rings. The minimum absolute atomic E-state index is 0.197. The van der Waals surface area contributed by atoms with Crippen LogP contribution in [0.25, 0.3) is 0 Å². The van der Waals surface area contributed by atoms with Crippen LogP contribution in [0.15, 0.2) is 64.6 Å². The van der Waals surface area contributed by atoms with Crippen molar-refractivity contribution in [1.82, 2.24) is 9.73 Å². The molecule has 1 saturated heterocycles. The Hall–Kier alpha value is -2.22. The number of amides is 1.